The van der Waals surface area contributed by atoms with Gasteiger partial charge in [0.1, 0.15) is 10.4 Å². The molecule has 0 aliphatic carbocycles. The molecule has 3 nitrogen and oxygen atoms in total. The lowest BCUT2D eigenvalue weighted by Crippen LogP contribution is -2.31. The van der Waals surface area contributed by atoms with Gasteiger partial charge in [0.05, 0.1) is 0 Å². The van der Waals surface area contributed by atoms with Gasteiger partial charge in [-0.3, -0.25) is 0 Å². The first-order valence-electron chi connectivity index (χ1n) is 5.09. The number of hydrogen-bond donors (Lipinski definition) is 0. The van der Waals surface area contributed by atoms with Crippen LogP contribution in [-0.4, -0.2) is 22.2 Å². The van der Waals surface area contributed by atoms with Crippen molar-refractivity contribution in [2.45, 2.75) is 39.0 Å². The number of alkyl halides is 3. The van der Waals surface area contributed by atoms with Crippen molar-refractivity contribution in [1.29, 1.82) is 0 Å². The van der Waals surface area contributed by atoms with Crippen molar-refractivity contribution in [3.63, 3.8) is 0 Å². The Morgan fingerprint density at radius 3 is 2.59 bits per heavy atom. The molecule has 17 heavy (non-hydrogen) atoms. The van der Waals surface area contributed by atoms with Gasteiger partial charge in [0.2, 0.25) is 5.88 Å². The summed E-state index contributed by atoms with van der Waals surface area (Å²) in [6.45, 7) is 2.87. The molecule has 1 aromatic rings. The summed E-state index contributed by atoms with van der Waals surface area (Å²) < 4.78 is 42.1. The topological polar surface area (TPSA) is 35.0 Å². The molecule has 7 heteroatoms. The van der Waals surface area contributed by atoms with E-state index in [-0.39, 0.29) is 5.88 Å². The fraction of sp³-hybridized carbons (Fsp3) is 0.600. The SMILES string of the molecule is CCCc1nc(Br)cc(OC(C)C(F)(F)F)n1. The number of hydrogen-bond acceptors (Lipinski definition) is 3. The Kier molecular flexibility index (Phi) is 4.73. The van der Waals surface area contributed by atoms with Crippen LogP contribution >= 0.6 is 15.9 Å². The zero-order valence-electron chi connectivity index (χ0n) is 9.38. The minimum absolute atomic E-state index is 0.0693. The first-order chi connectivity index (χ1) is 7.82. The lowest BCUT2D eigenvalue weighted by molar-refractivity contribution is -0.190. The molecule has 96 valence electrons. The van der Waals surface area contributed by atoms with Crippen LogP contribution in [0.4, 0.5) is 13.2 Å². The second kappa shape index (κ2) is 5.66. The smallest absolute Gasteiger partial charge is 0.425 e. The Morgan fingerprint density at radius 2 is 2.06 bits per heavy atom. The number of ether oxygens (including phenoxy) is 1. The van der Waals surface area contributed by atoms with Gasteiger partial charge in [-0.2, -0.15) is 18.2 Å². The third-order valence-corrected chi connectivity index (χ3v) is 2.36. The molecule has 0 aliphatic heterocycles. The van der Waals surface area contributed by atoms with Crippen LogP contribution in [0.3, 0.4) is 0 Å². The summed E-state index contributed by atoms with van der Waals surface area (Å²) in [5.74, 6) is 0.395. The van der Waals surface area contributed by atoms with Gasteiger partial charge >= 0.3 is 6.18 Å². The molecule has 1 rings (SSSR count). The van der Waals surface area contributed by atoms with E-state index in [9.17, 15) is 13.2 Å². The van der Waals surface area contributed by atoms with E-state index < -0.39 is 12.3 Å². The summed E-state index contributed by atoms with van der Waals surface area (Å²) in [6, 6.07) is 1.32. The van der Waals surface area contributed by atoms with Crippen LogP contribution < -0.4 is 4.74 Å². The van der Waals surface area contributed by atoms with Crippen molar-refractivity contribution >= 4 is 15.9 Å². The predicted octanol–water partition coefficient (Wildman–Crippen LogP) is 3.52. The molecular formula is C10H12BrF3N2O. The zero-order chi connectivity index (χ0) is 13.1. The van der Waals surface area contributed by atoms with Gasteiger partial charge < -0.3 is 4.74 Å². The van der Waals surface area contributed by atoms with Gasteiger partial charge in [0, 0.05) is 12.5 Å². The number of rotatable bonds is 4. The highest BCUT2D eigenvalue weighted by Crippen LogP contribution is 2.25. The van der Waals surface area contributed by atoms with Gasteiger partial charge in [0.15, 0.2) is 6.10 Å². The second-order valence-electron chi connectivity index (χ2n) is 3.50. The van der Waals surface area contributed by atoms with E-state index >= 15 is 0 Å². The summed E-state index contributed by atoms with van der Waals surface area (Å²) in [5.41, 5.74) is 0. The monoisotopic (exact) mass is 312 g/mol. The molecule has 1 atom stereocenters. The number of nitrogens with zero attached hydrogens (tertiary/aromatic N) is 2. The fourth-order valence-corrected chi connectivity index (χ4v) is 1.49. The third kappa shape index (κ3) is 4.49. The Balaban J connectivity index is 2.84. The Morgan fingerprint density at radius 1 is 1.41 bits per heavy atom. The van der Waals surface area contributed by atoms with Crippen molar-refractivity contribution in [1.82, 2.24) is 9.97 Å². The second-order valence-corrected chi connectivity index (χ2v) is 4.31. The molecule has 0 spiro atoms. The van der Waals surface area contributed by atoms with Crippen LogP contribution in [0.5, 0.6) is 5.88 Å². The van der Waals surface area contributed by atoms with Crippen LogP contribution in [-0.2, 0) is 6.42 Å². The molecule has 1 aromatic heterocycles. The largest absolute Gasteiger partial charge is 0.465 e. The quantitative estimate of drug-likeness (QED) is 0.798. The van der Waals surface area contributed by atoms with E-state index in [1.807, 2.05) is 6.92 Å². The Bertz CT molecular complexity index is 384. The number of aryl methyl sites for hydroxylation is 1. The number of aromatic nitrogens is 2. The van der Waals surface area contributed by atoms with Crippen molar-refractivity contribution in [3.8, 4) is 5.88 Å². The molecule has 0 fully saturated rings. The van der Waals surface area contributed by atoms with Gasteiger partial charge in [-0.1, -0.05) is 6.92 Å². The van der Waals surface area contributed by atoms with E-state index in [1.54, 1.807) is 0 Å². The molecule has 1 unspecified atom stereocenters. The van der Waals surface area contributed by atoms with Gasteiger partial charge in [-0.15, -0.1) is 0 Å². The van der Waals surface area contributed by atoms with E-state index in [4.69, 9.17) is 4.74 Å². The van der Waals surface area contributed by atoms with Crippen molar-refractivity contribution in [2.24, 2.45) is 0 Å². The maximum Gasteiger partial charge on any atom is 0.425 e. The summed E-state index contributed by atoms with van der Waals surface area (Å²) >= 11 is 3.11. The molecule has 0 amide bonds. The molecule has 0 radical (unpaired) electrons. The van der Waals surface area contributed by atoms with E-state index in [0.717, 1.165) is 13.3 Å². The third-order valence-electron chi connectivity index (χ3n) is 1.95. The first kappa shape index (κ1) is 14.2. The molecule has 1 heterocycles. The molecule has 0 saturated carbocycles. The van der Waals surface area contributed by atoms with Crippen LogP contribution in [0.25, 0.3) is 0 Å². The first-order valence-corrected chi connectivity index (χ1v) is 5.89. The highest BCUT2D eigenvalue weighted by molar-refractivity contribution is 9.10. The minimum atomic E-state index is -4.40. The van der Waals surface area contributed by atoms with E-state index in [1.165, 1.54) is 6.07 Å². The lowest BCUT2D eigenvalue weighted by atomic mass is 10.3. The predicted molar refractivity (Wildman–Crippen MR) is 59.9 cm³/mol. The van der Waals surface area contributed by atoms with Crippen LogP contribution in [0.1, 0.15) is 26.1 Å². The Labute approximate surface area is 106 Å². The molecular weight excluding hydrogens is 301 g/mol. The normalized spacial score (nSPS) is 13.5. The molecule has 0 bridgehead atoms. The standard InChI is InChI=1S/C10H12BrF3N2O/c1-3-4-8-15-7(11)5-9(16-8)17-6(2)10(12,13)14/h5-6H,3-4H2,1-2H3. The molecule has 0 aromatic carbocycles. The maximum absolute atomic E-state index is 12.3. The zero-order valence-corrected chi connectivity index (χ0v) is 11.0. The molecule has 0 aliphatic rings. The number of halogens is 4. The van der Waals surface area contributed by atoms with Crippen molar-refractivity contribution < 1.29 is 17.9 Å². The fourth-order valence-electron chi connectivity index (χ4n) is 1.09. The highest BCUT2D eigenvalue weighted by atomic mass is 79.9. The van der Waals surface area contributed by atoms with Crippen molar-refractivity contribution in [3.05, 3.63) is 16.5 Å². The van der Waals surface area contributed by atoms with E-state index in [2.05, 4.69) is 25.9 Å². The lowest BCUT2D eigenvalue weighted by Gasteiger charge is -2.17. The Hall–Kier alpha value is -0.850. The minimum Gasteiger partial charge on any atom is -0.465 e. The van der Waals surface area contributed by atoms with Crippen LogP contribution in [0.2, 0.25) is 0 Å². The average molecular weight is 313 g/mol. The highest BCUT2D eigenvalue weighted by Gasteiger charge is 2.38. The van der Waals surface area contributed by atoms with Crippen molar-refractivity contribution in [2.75, 3.05) is 0 Å². The summed E-state index contributed by atoms with van der Waals surface area (Å²) in [5, 5.41) is 0. The van der Waals surface area contributed by atoms with E-state index in [0.29, 0.717) is 16.8 Å². The maximum atomic E-state index is 12.3. The van der Waals surface area contributed by atoms with Crippen LogP contribution in [0.15, 0.2) is 10.7 Å². The van der Waals surface area contributed by atoms with Gasteiger partial charge in [-0.25, -0.2) is 4.98 Å². The molecule has 0 saturated heterocycles. The van der Waals surface area contributed by atoms with Crippen LogP contribution in [0, 0.1) is 0 Å². The average Bonchev–Trinajstić information content (AvgIpc) is 2.15. The van der Waals surface area contributed by atoms with Gasteiger partial charge in [0.25, 0.3) is 0 Å². The molecule has 0 N–H and O–H groups in total. The van der Waals surface area contributed by atoms with Gasteiger partial charge in [-0.05, 0) is 29.3 Å². The summed E-state index contributed by atoms with van der Waals surface area (Å²) in [4.78, 5) is 7.95. The summed E-state index contributed by atoms with van der Waals surface area (Å²) in [7, 11) is 0. The summed E-state index contributed by atoms with van der Waals surface area (Å²) in [6.07, 6.45) is -4.89.